The molecule has 0 bridgehead atoms. The first-order valence-electron chi connectivity index (χ1n) is 6.25. The van der Waals surface area contributed by atoms with E-state index in [1.165, 1.54) is 12.1 Å². The fourth-order valence-corrected chi connectivity index (χ4v) is 1.79. The van der Waals surface area contributed by atoms with Gasteiger partial charge in [0.25, 0.3) is 0 Å². The molecule has 0 aliphatic heterocycles. The van der Waals surface area contributed by atoms with Crippen molar-refractivity contribution in [3.8, 4) is 11.5 Å². The van der Waals surface area contributed by atoms with Crippen LogP contribution >= 0.6 is 0 Å². The molecule has 0 fully saturated rings. The molecular weight excluding hydrogens is 275 g/mol. The smallest absolute Gasteiger partial charge is 0.404 e. The van der Waals surface area contributed by atoms with Crippen LogP contribution in [0.4, 0.5) is 14.9 Å². The number of nitrogen functional groups attached to an aromatic ring is 1. The summed E-state index contributed by atoms with van der Waals surface area (Å²) in [6.45, 7) is 1.83. The van der Waals surface area contributed by atoms with Gasteiger partial charge in [-0.25, -0.2) is 9.18 Å². The Kier molecular flexibility index (Phi) is 4.27. The zero-order chi connectivity index (χ0) is 15.4. The van der Waals surface area contributed by atoms with Gasteiger partial charge in [0.1, 0.15) is 5.75 Å². The SMILES string of the molecule is Cc1ccc(Oc2ccc(N)c(CNC(=O)O)c2)c(F)c1. The van der Waals surface area contributed by atoms with Gasteiger partial charge in [-0.15, -0.1) is 0 Å². The van der Waals surface area contributed by atoms with Crippen molar-refractivity contribution in [1.29, 1.82) is 0 Å². The Balaban J connectivity index is 2.20. The highest BCUT2D eigenvalue weighted by Crippen LogP contribution is 2.27. The molecule has 1 amide bonds. The van der Waals surface area contributed by atoms with Crippen LogP contribution in [0.15, 0.2) is 36.4 Å². The third-order valence-corrected chi connectivity index (χ3v) is 2.86. The second-order valence-corrected chi connectivity index (χ2v) is 4.56. The summed E-state index contributed by atoms with van der Waals surface area (Å²) >= 11 is 0. The molecule has 0 spiro atoms. The summed E-state index contributed by atoms with van der Waals surface area (Å²) in [7, 11) is 0. The third-order valence-electron chi connectivity index (χ3n) is 2.86. The Morgan fingerprint density at radius 1 is 1.33 bits per heavy atom. The normalized spacial score (nSPS) is 10.2. The van der Waals surface area contributed by atoms with Crippen molar-refractivity contribution in [2.45, 2.75) is 13.5 Å². The highest BCUT2D eigenvalue weighted by Gasteiger charge is 2.08. The van der Waals surface area contributed by atoms with E-state index in [1.807, 2.05) is 0 Å². The topological polar surface area (TPSA) is 84.6 Å². The molecule has 0 heterocycles. The van der Waals surface area contributed by atoms with Crippen LogP contribution in [0, 0.1) is 12.7 Å². The lowest BCUT2D eigenvalue weighted by atomic mass is 10.1. The molecule has 2 aromatic carbocycles. The zero-order valence-corrected chi connectivity index (χ0v) is 11.4. The number of carbonyl (C=O) groups is 1. The fraction of sp³-hybridized carbons (Fsp3) is 0.133. The molecule has 4 N–H and O–H groups in total. The molecular formula is C15H15FN2O3. The van der Waals surface area contributed by atoms with Crippen molar-refractivity contribution in [2.24, 2.45) is 0 Å². The molecule has 110 valence electrons. The maximum Gasteiger partial charge on any atom is 0.404 e. The summed E-state index contributed by atoms with van der Waals surface area (Å²) in [5.74, 6) is 0.0219. The average molecular weight is 290 g/mol. The number of amides is 1. The Bertz CT molecular complexity index is 674. The number of aryl methyl sites for hydroxylation is 1. The molecule has 0 atom stereocenters. The minimum absolute atomic E-state index is 0.0503. The largest absolute Gasteiger partial charge is 0.465 e. The molecule has 0 aliphatic carbocycles. The van der Waals surface area contributed by atoms with E-state index in [4.69, 9.17) is 15.6 Å². The van der Waals surface area contributed by atoms with Gasteiger partial charge in [-0.3, -0.25) is 0 Å². The molecule has 21 heavy (non-hydrogen) atoms. The third kappa shape index (κ3) is 3.85. The molecule has 5 nitrogen and oxygen atoms in total. The van der Waals surface area contributed by atoms with Crippen LogP contribution in [-0.4, -0.2) is 11.2 Å². The Morgan fingerprint density at radius 3 is 2.76 bits per heavy atom. The van der Waals surface area contributed by atoms with Crippen LogP contribution in [0.2, 0.25) is 0 Å². The number of anilines is 1. The van der Waals surface area contributed by atoms with Gasteiger partial charge in [0, 0.05) is 12.2 Å². The van der Waals surface area contributed by atoms with Gasteiger partial charge < -0.3 is 20.9 Å². The Hall–Kier alpha value is -2.76. The second kappa shape index (κ2) is 6.13. The molecule has 0 saturated carbocycles. The quantitative estimate of drug-likeness (QED) is 0.754. The van der Waals surface area contributed by atoms with E-state index in [0.717, 1.165) is 5.56 Å². The van der Waals surface area contributed by atoms with Crippen LogP contribution in [0.5, 0.6) is 11.5 Å². The number of ether oxygens (including phenoxy) is 1. The first-order chi connectivity index (χ1) is 9.95. The second-order valence-electron chi connectivity index (χ2n) is 4.56. The van der Waals surface area contributed by atoms with Crippen LogP contribution in [0.25, 0.3) is 0 Å². The molecule has 0 saturated heterocycles. The maximum absolute atomic E-state index is 13.7. The van der Waals surface area contributed by atoms with Gasteiger partial charge in [0.05, 0.1) is 0 Å². The van der Waals surface area contributed by atoms with Crippen molar-refractivity contribution in [1.82, 2.24) is 5.32 Å². The van der Waals surface area contributed by atoms with Gasteiger partial charge in [-0.1, -0.05) is 6.07 Å². The van der Waals surface area contributed by atoms with Gasteiger partial charge in [0.15, 0.2) is 11.6 Å². The summed E-state index contributed by atoms with van der Waals surface area (Å²) in [4.78, 5) is 10.5. The highest BCUT2D eigenvalue weighted by atomic mass is 19.1. The van der Waals surface area contributed by atoms with Crippen molar-refractivity contribution < 1.29 is 19.0 Å². The number of rotatable bonds is 4. The van der Waals surface area contributed by atoms with Gasteiger partial charge in [-0.2, -0.15) is 0 Å². The summed E-state index contributed by atoms with van der Waals surface area (Å²) < 4.78 is 19.2. The fourth-order valence-electron chi connectivity index (χ4n) is 1.79. The molecule has 6 heteroatoms. The molecule has 0 aliphatic rings. The number of halogens is 1. The van der Waals surface area contributed by atoms with Crippen LogP contribution < -0.4 is 15.8 Å². The van der Waals surface area contributed by atoms with Crippen LogP contribution in [-0.2, 0) is 6.54 Å². The zero-order valence-electron chi connectivity index (χ0n) is 11.4. The minimum Gasteiger partial charge on any atom is -0.465 e. The van der Waals surface area contributed by atoms with E-state index in [-0.39, 0.29) is 12.3 Å². The van der Waals surface area contributed by atoms with Gasteiger partial charge in [0.2, 0.25) is 0 Å². The Labute approximate surface area is 121 Å². The van der Waals surface area contributed by atoms with E-state index < -0.39 is 11.9 Å². The summed E-state index contributed by atoms with van der Waals surface area (Å²) in [5, 5.41) is 10.8. The lowest BCUT2D eigenvalue weighted by molar-refractivity contribution is 0.194. The van der Waals surface area contributed by atoms with Gasteiger partial charge in [-0.05, 0) is 48.4 Å². The molecule has 2 rings (SSSR count). The van der Waals surface area contributed by atoms with E-state index in [2.05, 4.69) is 5.32 Å². The summed E-state index contributed by atoms with van der Waals surface area (Å²) in [5.41, 5.74) is 7.54. The van der Waals surface area contributed by atoms with Crippen molar-refractivity contribution >= 4 is 11.8 Å². The molecule has 0 radical (unpaired) electrons. The van der Waals surface area contributed by atoms with Gasteiger partial charge >= 0.3 is 6.09 Å². The molecule has 0 unspecified atom stereocenters. The van der Waals surface area contributed by atoms with E-state index in [0.29, 0.717) is 17.0 Å². The average Bonchev–Trinajstić information content (AvgIpc) is 2.42. The lowest BCUT2D eigenvalue weighted by Crippen LogP contribution is -2.20. The van der Waals surface area contributed by atoms with Crippen LogP contribution in [0.1, 0.15) is 11.1 Å². The van der Waals surface area contributed by atoms with E-state index >= 15 is 0 Å². The lowest BCUT2D eigenvalue weighted by Gasteiger charge is -2.11. The monoisotopic (exact) mass is 290 g/mol. The number of hydrogen-bond donors (Lipinski definition) is 3. The minimum atomic E-state index is -1.15. The number of hydrogen-bond acceptors (Lipinski definition) is 3. The first kappa shape index (κ1) is 14.6. The van der Waals surface area contributed by atoms with Crippen LogP contribution in [0.3, 0.4) is 0 Å². The van der Waals surface area contributed by atoms with Crippen molar-refractivity contribution in [2.75, 3.05) is 5.73 Å². The molecule has 2 aromatic rings. The first-order valence-corrected chi connectivity index (χ1v) is 6.25. The predicted molar refractivity (Wildman–Crippen MR) is 76.9 cm³/mol. The summed E-state index contributed by atoms with van der Waals surface area (Å²) in [6.07, 6.45) is -1.15. The number of carboxylic acid groups (broad SMARTS) is 1. The number of nitrogens with two attached hydrogens (primary N) is 1. The van der Waals surface area contributed by atoms with E-state index in [9.17, 15) is 9.18 Å². The van der Waals surface area contributed by atoms with Crippen molar-refractivity contribution in [3.63, 3.8) is 0 Å². The number of nitrogens with one attached hydrogen (secondary N) is 1. The van der Waals surface area contributed by atoms with Crippen molar-refractivity contribution in [3.05, 3.63) is 53.3 Å². The highest BCUT2D eigenvalue weighted by molar-refractivity contribution is 5.65. The van der Waals surface area contributed by atoms with E-state index in [1.54, 1.807) is 31.2 Å². The molecule has 0 aromatic heterocycles. The standard InChI is InChI=1S/C15H15FN2O3/c1-9-2-5-14(12(16)6-9)21-11-3-4-13(17)10(7-11)8-18-15(19)20/h2-7,18H,8,17H2,1H3,(H,19,20). The maximum atomic E-state index is 13.7. The number of benzene rings is 2. The summed E-state index contributed by atoms with van der Waals surface area (Å²) in [6, 6.07) is 9.40. The Morgan fingerprint density at radius 2 is 2.10 bits per heavy atom. The predicted octanol–water partition coefficient (Wildman–Crippen LogP) is 3.28.